The first kappa shape index (κ1) is 5.93. The summed E-state index contributed by atoms with van der Waals surface area (Å²) >= 11 is 0. The van der Waals surface area contributed by atoms with Crippen LogP contribution in [0.15, 0.2) is 0 Å². The molecule has 50 valence electrons. The minimum absolute atomic E-state index is 0.256. The van der Waals surface area contributed by atoms with Crippen molar-refractivity contribution in [2.75, 3.05) is 0 Å². The number of alkyl halides is 1. The van der Waals surface area contributed by atoms with Crippen molar-refractivity contribution in [3.63, 3.8) is 0 Å². The van der Waals surface area contributed by atoms with E-state index in [1.165, 1.54) is 0 Å². The molecule has 0 nitrogen and oxygen atoms in total. The topological polar surface area (TPSA) is 0 Å². The summed E-state index contributed by atoms with van der Waals surface area (Å²) in [6.07, 6.45) is 0. The van der Waals surface area contributed by atoms with Crippen molar-refractivity contribution >= 4 is 0 Å². The SMILES string of the molecule is [CH3][Fm][CH](F)C(C)C. The van der Waals surface area contributed by atoms with Crippen LogP contribution in [0.25, 0.3) is 0 Å². The van der Waals surface area contributed by atoms with Crippen LogP contribution >= 0.6 is 0 Å². The van der Waals surface area contributed by atoms with Crippen LogP contribution in [-0.4, -0.2) is 6.67 Å². The molecule has 0 bridgehead atoms. The predicted octanol–water partition coefficient (Wildman–Crippen LogP) is 2.07. The first-order valence-electron chi connectivity index (χ1n) is 2.16. The van der Waals surface area contributed by atoms with Gasteiger partial charge < -0.3 is 0 Å². The summed E-state index contributed by atoms with van der Waals surface area (Å²) in [4.78, 5) is 0. The van der Waals surface area contributed by atoms with Crippen molar-refractivity contribution in [1.29, 1.82) is 0 Å². The van der Waals surface area contributed by atoms with Crippen molar-refractivity contribution in [2.45, 2.75) is 27.9 Å². The zero-order valence-corrected chi connectivity index (χ0v) is 7.23. The second-order valence-electron chi connectivity index (χ2n) is 1.70. The molecule has 0 aromatic heterocycles. The van der Waals surface area contributed by atoms with Gasteiger partial charge in [-0.2, -0.15) is 0 Å². The summed E-state index contributed by atoms with van der Waals surface area (Å²) in [5.41, 5.74) is 0. The van der Waals surface area contributed by atoms with E-state index in [-0.39, 0.29) is 5.92 Å². The van der Waals surface area contributed by atoms with E-state index in [9.17, 15) is 4.39 Å². The minimum atomic E-state index is -0.470. The number of hydrogen-bond donors (Lipinski definition) is 0. The normalized spacial score (nSPS) is 13.9. The van der Waals surface area contributed by atoms with Gasteiger partial charge in [0, 0.05) is 0 Å². The number of halogens is 1. The van der Waals surface area contributed by atoms with E-state index in [4.69, 9.17) is 0 Å². The Balaban J connectivity index is 3.14. The third-order valence-corrected chi connectivity index (χ3v) is 3.53. The summed E-state index contributed by atoms with van der Waals surface area (Å²) in [5.74, 6) is 0.256. The van der Waals surface area contributed by atoms with Gasteiger partial charge in [-0.25, -0.2) is 0 Å². The Morgan fingerprint density at radius 1 is 1.43 bits per heavy atom. The summed E-state index contributed by atoms with van der Waals surface area (Å²) in [6.45, 7) is 3.39. The Kier molecular flexibility index (Phi) is 1.83. The van der Waals surface area contributed by atoms with Crippen LogP contribution in [0.2, 0.25) is 7.43 Å². The van der Waals surface area contributed by atoms with Crippen LogP contribution in [0.5, 0.6) is 0 Å². The van der Waals surface area contributed by atoms with Crippen molar-refractivity contribution in [3.05, 3.63) is 0 Å². The van der Waals surface area contributed by atoms with Crippen molar-refractivity contribution in [3.8, 4) is 0 Å². The molecule has 0 aromatic rings. The van der Waals surface area contributed by atoms with E-state index >= 15 is 0 Å². The first-order chi connectivity index (χ1) is 3.18. The van der Waals surface area contributed by atoms with Crippen LogP contribution in [0.3, 0.4) is 0 Å². The Labute approximate surface area is 39.4 Å². The van der Waals surface area contributed by atoms with Crippen LogP contribution in [0, 0.1) is 5.92 Å². The molecule has 7 heavy (non-hydrogen) atoms. The molecule has 0 spiro atoms. The van der Waals surface area contributed by atoms with Crippen LogP contribution in [0.1, 0.15) is 13.8 Å². The molecule has 0 heterocycles. The third-order valence-electron chi connectivity index (χ3n) is 0.604. The van der Waals surface area contributed by atoms with E-state index < -0.39 is 6.67 Å². The molecule has 0 amide bonds. The first-order valence-corrected chi connectivity index (χ1v) is 5.95. The molecule has 1 unspecified atom stereocenters. The van der Waals surface area contributed by atoms with Gasteiger partial charge in [0.15, 0.2) is 0 Å². The maximum absolute atomic E-state index is 12.3. The van der Waals surface area contributed by atoms with Crippen molar-refractivity contribution in [1.82, 2.24) is 0 Å². The molecular weight excluding hydrogens is 336 g/mol. The second kappa shape index (κ2) is 2.17. The molecule has 0 N–H and O–H groups in total. The molecule has 0 saturated carbocycles. The Morgan fingerprint density at radius 2 is 1.86 bits per heavy atom. The van der Waals surface area contributed by atoms with Crippen LogP contribution < -0.4 is 0 Å². The Hall–Kier alpha value is -1.07. The molecule has 0 radical (unpaired) electrons. The predicted molar refractivity (Wildman–Crippen MR) is 25.6 cm³/mol. The van der Waals surface area contributed by atoms with Crippen LogP contribution in [-0.2, 0) is 0 Å². The molecule has 0 fully saturated rings. The molecule has 0 aromatic carbocycles. The van der Waals surface area contributed by atoms with E-state index in [1.54, 1.807) is 0 Å². The van der Waals surface area contributed by atoms with E-state index in [2.05, 4.69) is 0 Å². The Morgan fingerprint density at radius 3 is 1.86 bits per heavy atom. The monoisotopic (exact) mass is 347 g/mol. The summed E-state index contributed by atoms with van der Waals surface area (Å²) < 4.78 is 12.0. The molecule has 0 rings (SSSR count). The average molecular weight is 347 g/mol. The molecular formula is C5H11FFm. The third kappa shape index (κ3) is 1.74. The van der Waals surface area contributed by atoms with Gasteiger partial charge in [-0.3, -0.25) is 0 Å². The molecule has 0 aliphatic heterocycles. The van der Waals surface area contributed by atoms with Gasteiger partial charge in [-0.05, 0) is 0 Å². The van der Waals surface area contributed by atoms with Crippen molar-refractivity contribution < 1.29 is 4.39 Å². The fourth-order valence-electron chi connectivity index (χ4n) is 0.192. The summed E-state index contributed by atoms with van der Waals surface area (Å²) in [5, 5.41) is 0. The second-order valence-corrected chi connectivity index (χ2v) is 4.41. The van der Waals surface area contributed by atoms with E-state index in [0.29, 0.717) is 0 Å². The van der Waals surface area contributed by atoms with E-state index in [1.807, 2.05) is 21.3 Å². The number of hydrogen-bond acceptors (Lipinski definition) is 0. The van der Waals surface area contributed by atoms with Gasteiger partial charge in [0.05, 0.1) is 0 Å². The van der Waals surface area contributed by atoms with Gasteiger partial charge in [0.2, 0.25) is 0 Å². The fraction of sp³-hybridized carbons (Fsp3) is 1.00. The average Bonchev–Trinajstić information content (AvgIpc) is 1.65. The van der Waals surface area contributed by atoms with Crippen LogP contribution in [0.4, 0.5) is 4.39 Å². The van der Waals surface area contributed by atoms with Gasteiger partial charge >= 0.3 is 38.3 Å². The van der Waals surface area contributed by atoms with Gasteiger partial charge in [-0.15, -0.1) is 0 Å². The molecule has 0 aliphatic carbocycles. The summed E-state index contributed by atoms with van der Waals surface area (Å²) in [6, 6.07) is 0. The Bertz CT molecular complexity index is 45.3. The van der Waals surface area contributed by atoms with E-state index in [0.717, 1.165) is 0 Å². The maximum atomic E-state index is 12.3. The zero-order chi connectivity index (χ0) is 5.86. The van der Waals surface area contributed by atoms with Gasteiger partial charge in [0.25, 0.3) is 0 Å². The zero-order valence-electron chi connectivity index (χ0n) is 4.82. The molecule has 0 aliphatic rings. The van der Waals surface area contributed by atoms with Gasteiger partial charge in [-0.1, -0.05) is 0 Å². The molecule has 0 saturated heterocycles. The molecule has 2 heteroatoms. The fourth-order valence-corrected chi connectivity index (χ4v) is 1.80. The van der Waals surface area contributed by atoms with Crippen molar-refractivity contribution in [2.24, 2.45) is 5.92 Å². The van der Waals surface area contributed by atoms with Gasteiger partial charge in [0.1, 0.15) is 0 Å². The number of rotatable bonds is 2. The standard InChI is InChI=1S/C4H8F.CH3.Fm/c1-4(2)3-5;;/h3-4H,1-2H3;1H3;. The molecule has 1 atom stereocenters. The quantitative estimate of drug-likeness (QED) is 0.718. The summed E-state index contributed by atoms with van der Waals surface area (Å²) in [7, 11) is 1.99.